The van der Waals surface area contributed by atoms with Gasteiger partial charge < -0.3 is 24.0 Å². The fourth-order valence-corrected chi connectivity index (χ4v) is 4.74. The number of benzene rings is 2. The Labute approximate surface area is 213 Å². The highest BCUT2D eigenvalue weighted by atomic mass is 35.5. The Kier molecular flexibility index (Phi) is 8.63. The lowest BCUT2D eigenvalue weighted by Crippen LogP contribution is -2.44. The number of fused-ring (bicyclic) bond motifs is 1. The van der Waals surface area contributed by atoms with Crippen LogP contribution in [0.15, 0.2) is 66.0 Å². The van der Waals surface area contributed by atoms with Gasteiger partial charge in [-0.2, -0.15) is 0 Å². The second-order valence-electron chi connectivity index (χ2n) is 8.04. The second-order valence-corrected chi connectivity index (χ2v) is 9.51. The number of rotatable bonds is 11. The van der Waals surface area contributed by atoms with Crippen molar-refractivity contribution in [3.05, 3.63) is 82.0 Å². The Morgan fingerprint density at radius 2 is 1.83 bits per heavy atom. The van der Waals surface area contributed by atoms with Crippen LogP contribution < -0.4 is 9.47 Å². The van der Waals surface area contributed by atoms with Gasteiger partial charge >= 0.3 is 0 Å². The zero-order valence-corrected chi connectivity index (χ0v) is 21.0. The Bertz CT molecular complexity index is 1130. The first-order chi connectivity index (χ1) is 17.0. The fourth-order valence-electron chi connectivity index (χ4n) is 3.74. The third kappa shape index (κ3) is 6.54. The molecular weight excluding hydrogens is 488 g/mol. The third-order valence-electron chi connectivity index (χ3n) is 5.60. The van der Waals surface area contributed by atoms with E-state index in [1.807, 2.05) is 53.9 Å². The van der Waals surface area contributed by atoms with Gasteiger partial charge in [0.05, 0.1) is 19.7 Å². The van der Waals surface area contributed by atoms with Crippen LogP contribution in [-0.4, -0.2) is 55.2 Å². The zero-order valence-electron chi connectivity index (χ0n) is 19.4. The molecule has 0 radical (unpaired) electrons. The topological polar surface area (TPSA) is 68.3 Å². The summed E-state index contributed by atoms with van der Waals surface area (Å²) in [6.07, 6.45) is 0. The molecule has 9 heteroatoms. The van der Waals surface area contributed by atoms with E-state index in [0.717, 1.165) is 10.4 Å². The van der Waals surface area contributed by atoms with Crippen LogP contribution in [0.1, 0.15) is 21.4 Å². The van der Waals surface area contributed by atoms with Crippen LogP contribution in [-0.2, 0) is 27.4 Å². The number of ether oxygens (including phenoxy) is 3. The highest BCUT2D eigenvalue weighted by molar-refractivity contribution is 7.09. The Morgan fingerprint density at radius 3 is 2.57 bits per heavy atom. The summed E-state index contributed by atoms with van der Waals surface area (Å²) in [6.45, 7) is 1.43. The average molecular weight is 515 g/mol. The van der Waals surface area contributed by atoms with E-state index in [2.05, 4.69) is 0 Å². The lowest BCUT2D eigenvalue weighted by atomic mass is 10.1. The lowest BCUT2D eigenvalue weighted by molar-refractivity contribution is -0.141. The number of methoxy groups -OCH3 is 1. The summed E-state index contributed by atoms with van der Waals surface area (Å²) in [4.78, 5) is 31.0. The van der Waals surface area contributed by atoms with E-state index in [4.69, 9.17) is 25.8 Å². The van der Waals surface area contributed by atoms with Gasteiger partial charge in [-0.25, -0.2) is 0 Å². The maximum atomic E-state index is 13.5. The molecule has 35 heavy (non-hydrogen) atoms. The van der Waals surface area contributed by atoms with Gasteiger partial charge in [0.1, 0.15) is 5.38 Å². The number of carbonyl (C=O) groups is 2. The van der Waals surface area contributed by atoms with Crippen LogP contribution in [0, 0.1) is 0 Å². The molecule has 1 atom stereocenters. The average Bonchev–Trinajstić information content (AvgIpc) is 3.57. The van der Waals surface area contributed by atoms with Gasteiger partial charge in [-0.3, -0.25) is 9.59 Å². The van der Waals surface area contributed by atoms with Crippen LogP contribution in [0.5, 0.6) is 11.5 Å². The van der Waals surface area contributed by atoms with Crippen molar-refractivity contribution in [3.8, 4) is 11.5 Å². The number of carbonyl (C=O) groups excluding carboxylic acids is 2. The maximum absolute atomic E-state index is 13.5. The van der Waals surface area contributed by atoms with E-state index in [-0.39, 0.29) is 31.7 Å². The molecule has 2 aromatic carbocycles. The quantitative estimate of drug-likeness (QED) is 0.353. The molecule has 1 unspecified atom stereocenters. The molecule has 1 aliphatic heterocycles. The van der Waals surface area contributed by atoms with Crippen LogP contribution in [0.2, 0.25) is 0 Å². The van der Waals surface area contributed by atoms with Crippen molar-refractivity contribution >= 4 is 34.8 Å². The molecule has 1 aliphatic rings. The standard InChI is InChI=1S/C26H27ClN2O5S/c1-32-12-11-28(26(31)25(27)20-6-3-2-4-7-20)17-24(30)29(16-21-8-5-13-35-21)15-19-9-10-22-23(14-19)34-18-33-22/h2-10,13-14,25H,11-12,15-18H2,1H3. The van der Waals surface area contributed by atoms with Gasteiger partial charge in [0, 0.05) is 25.1 Å². The largest absolute Gasteiger partial charge is 0.454 e. The molecule has 0 aliphatic carbocycles. The monoisotopic (exact) mass is 514 g/mol. The molecule has 7 nitrogen and oxygen atoms in total. The summed E-state index contributed by atoms with van der Waals surface area (Å²) in [5.74, 6) is 0.839. The van der Waals surface area contributed by atoms with Gasteiger partial charge in [-0.1, -0.05) is 42.5 Å². The molecule has 0 N–H and O–H groups in total. The first kappa shape index (κ1) is 25.0. The molecule has 184 valence electrons. The predicted octanol–water partition coefficient (Wildman–Crippen LogP) is 4.46. The smallest absolute Gasteiger partial charge is 0.245 e. The van der Waals surface area contributed by atoms with Gasteiger partial charge in [0.15, 0.2) is 11.5 Å². The first-order valence-corrected chi connectivity index (χ1v) is 12.5. The van der Waals surface area contributed by atoms with Crippen LogP contribution in [0.25, 0.3) is 0 Å². The molecule has 3 aromatic rings. The van der Waals surface area contributed by atoms with E-state index < -0.39 is 5.38 Å². The Balaban J connectivity index is 1.52. The number of amides is 2. The number of alkyl halides is 1. The van der Waals surface area contributed by atoms with Gasteiger partial charge in [0.2, 0.25) is 18.6 Å². The molecule has 0 fully saturated rings. The number of halogens is 1. The highest BCUT2D eigenvalue weighted by Crippen LogP contribution is 2.33. The number of thiophene rings is 1. The zero-order chi connectivity index (χ0) is 24.6. The van der Waals surface area contributed by atoms with E-state index in [1.165, 1.54) is 4.90 Å². The van der Waals surface area contributed by atoms with Crippen molar-refractivity contribution in [2.45, 2.75) is 18.5 Å². The SMILES string of the molecule is COCCN(CC(=O)N(Cc1ccc2c(c1)OCO2)Cc1cccs1)C(=O)C(Cl)c1ccccc1. The summed E-state index contributed by atoms with van der Waals surface area (Å²) in [5.41, 5.74) is 1.60. The van der Waals surface area contributed by atoms with Crippen molar-refractivity contribution in [2.75, 3.05) is 33.6 Å². The maximum Gasteiger partial charge on any atom is 0.245 e. The van der Waals surface area contributed by atoms with Gasteiger partial charge in [-0.05, 0) is 34.7 Å². The summed E-state index contributed by atoms with van der Waals surface area (Å²) >= 11 is 8.09. The first-order valence-electron chi connectivity index (χ1n) is 11.2. The molecule has 2 amide bonds. The lowest BCUT2D eigenvalue weighted by Gasteiger charge is -2.29. The van der Waals surface area contributed by atoms with E-state index in [1.54, 1.807) is 35.5 Å². The van der Waals surface area contributed by atoms with Crippen LogP contribution >= 0.6 is 22.9 Å². The number of nitrogens with zero attached hydrogens (tertiary/aromatic N) is 2. The van der Waals surface area contributed by atoms with Crippen molar-refractivity contribution in [1.82, 2.24) is 9.80 Å². The molecule has 1 aromatic heterocycles. The molecular formula is C26H27ClN2O5S. The predicted molar refractivity (Wildman–Crippen MR) is 135 cm³/mol. The molecule has 0 saturated heterocycles. The summed E-state index contributed by atoms with van der Waals surface area (Å²) in [7, 11) is 1.56. The van der Waals surface area contributed by atoms with E-state index in [0.29, 0.717) is 36.8 Å². The minimum absolute atomic E-state index is 0.103. The minimum atomic E-state index is -0.888. The molecule has 0 saturated carbocycles. The summed E-state index contributed by atoms with van der Waals surface area (Å²) < 4.78 is 16.1. The number of hydrogen-bond acceptors (Lipinski definition) is 6. The van der Waals surface area contributed by atoms with Gasteiger partial charge in [0.25, 0.3) is 0 Å². The van der Waals surface area contributed by atoms with E-state index in [9.17, 15) is 9.59 Å². The normalized spacial score (nSPS) is 12.9. The van der Waals surface area contributed by atoms with Crippen LogP contribution in [0.3, 0.4) is 0 Å². The summed E-state index contributed by atoms with van der Waals surface area (Å²) in [6, 6.07) is 18.7. The fraction of sp³-hybridized carbons (Fsp3) is 0.308. The molecule has 4 rings (SSSR count). The Morgan fingerprint density at radius 1 is 1.03 bits per heavy atom. The summed E-state index contributed by atoms with van der Waals surface area (Å²) in [5, 5.41) is 1.09. The van der Waals surface area contributed by atoms with E-state index >= 15 is 0 Å². The van der Waals surface area contributed by atoms with Crippen molar-refractivity contribution in [3.63, 3.8) is 0 Å². The van der Waals surface area contributed by atoms with Crippen LogP contribution in [0.4, 0.5) is 0 Å². The van der Waals surface area contributed by atoms with Crippen molar-refractivity contribution < 1.29 is 23.8 Å². The number of hydrogen-bond donors (Lipinski definition) is 0. The van der Waals surface area contributed by atoms with Gasteiger partial charge in [-0.15, -0.1) is 22.9 Å². The van der Waals surface area contributed by atoms with Crippen molar-refractivity contribution in [2.24, 2.45) is 0 Å². The minimum Gasteiger partial charge on any atom is -0.454 e. The Hall–Kier alpha value is -3.07. The molecule has 0 spiro atoms. The molecule has 0 bridgehead atoms. The third-order valence-corrected chi connectivity index (χ3v) is 6.90. The van der Waals surface area contributed by atoms with Crippen molar-refractivity contribution in [1.29, 1.82) is 0 Å². The highest BCUT2D eigenvalue weighted by Gasteiger charge is 2.27. The molecule has 2 heterocycles. The second kappa shape index (κ2) is 12.1.